The van der Waals surface area contributed by atoms with Crippen molar-refractivity contribution < 1.29 is 28.2 Å². The number of rotatable bonds is 5. The SMILES string of the molecule is N#CC(=CC=Cc1ccc(O)c(O)c1)C(=O)NC(c1ccccc1)C(F)(F)F. The molecule has 2 aromatic rings. The van der Waals surface area contributed by atoms with Crippen molar-refractivity contribution in [3.63, 3.8) is 0 Å². The number of nitriles is 1. The van der Waals surface area contributed by atoms with Crippen molar-refractivity contribution in [1.82, 2.24) is 5.32 Å². The van der Waals surface area contributed by atoms with Crippen LogP contribution in [0.1, 0.15) is 17.2 Å². The minimum atomic E-state index is -4.74. The van der Waals surface area contributed by atoms with Crippen molar-refractivity contribution in [2.45, 2.75) is 12.2 Å². The maximum absolute atomic E-state index is 13.3. The summed E-state index contributed by atoms with van der Waals surface area (Å²) >= 11 is 0. The van der Waals surface area contributed by atoms with Crippen LogP contribution in [0.5, 0.6) is 11.5 Å². The molecular weight excluding hydrogens is 373 g/mol. The van der Waals surface area contributed by atoms with Crippen LogP contribution in [0.15, 0.2) is 66.3 Å². The van der Waals surface area contributed by atoms with E-state index in [0.29, 0.717) is 5.56 Å². The molecule has 1 unspecified atom stereocenters. The molecular formula is C20H15F3N2O3. The third-order valence-electron chi connectivity index (χ3n) is 3.65. The second kappa shape index (κ2) is 8.77. The molecule has 0 aromatic heterocycles. The first-order chi connectivity index (χ1) is 13.2. The molecule has 0 spiro atoms. The Morgan fingerprint density at radius 2 is 1.79 bits per heavy atom. The summed E-state index contributed by atoms with van der Waals surface area (Å²) in [6, 6.07) is 10.1. The third kappa shape index (κ3) is 5.38. The summed E-state index contributed by atoms with van der Waals surface area (Å²) in [6.45, 7) is 0. The molecule has 0 radical (unpaired) electrons. The monoisotopic (exact) mass is 388 g/mol. The zero-order chi connectivity index (χ0) is 20.7. The average Bonchev–Trinajstić information content (AvgIpc) is 2.65. The third-order valence-corrected chi connectivity index (χ3v) is 3.65. The van der Waals surface area contributed by atoms with Gasteiger partial charge in [-0.1, -0.05) is 48.6 Å². The Morgan fingerprint density at radius 1 is 1.11 bits per heavy atom. The number of alkyl halides is 3. The average molecular weight is 388 g/mol. The van der Waals surface area contributed by atoms with E-state index in [9.17, 15) is 28.2 Å². The Balaban J connectivity index is 2.19. The van der Waals surface area contributed by atoms with E-state index in [-0.39, 0.29) is 17.1 Å². The molecule has 0 saturated heterocycles. The topological polar surface area (TPSA) is 93.3 Å². The normalized spacial score (nSPS) is 13.1. The summed E-state index contributed by atoms with van der Waals surface area (Å²) in [4.78, 5) is 12.1. The standard InChI is InChI=1S/C20H15F3N2O3/c21-20(22,23)18(14-6-2-1-3-7-14)25-19(28)15(12-24)8-4-5-13-9-10-16(26)17(27)11-13/h1-11,18,26-27H,(H,25,28). The number of allylic oxidation sites excluding steroid dienone is 2. The Bertz CT molecular complexity index is 945. The van der Waals surface area contributed by atoms with E-state index in [0.717, 1.165) is 6.08 Å². The van der Waals surface area contributed by atoms with Gasteiger partial charge in [0.2, 0.25) is 0 Å². The number of phenols is 2. The maximum Gasteiger partial charge on any atom is 0.412 e. The molecule has 0 saturated carbocycles. The largest absolute Gasteiger partial charge is 0.504 e. The number of hydrogen-bond acceptors (Lipinski definition) is 4. The summed E-state index contributed by atoms with van der Waals surface area (Å²) in [6.07, 6.45) is -1.01. The first-order valence-corrected chi connectivity index (χ1v) is 7.95. The van der Waals surface area contributed by atoms with Gasteiger partial charge in [-0.3, -0.25) is 4.79 Å². The Morgan fingerprint density at radius 3 is 2.36 bits per heavy atom. The number of carbonyl (C=O) groups excluding carboxylic acids is 1. The van der Waals surface area contributed by atoms with Crippen molar-refractivity contribution in [2.24, 2.45) is 0 Å². The smallest absolute Gasteiger partial charge is 0.412 e. The van der Waals surface area contributed by atoms with Gasteiger partial charge >= 0.3 is 6.18 Å². The molecule has 5 nitrogen and oxygen atoms in total. The van der Waals surface area contributed by atoms with Crippen molar-refractivity contribution >= 4 is 12.0 Å². The van der Waals surface area contributed by atoms with E-state index in [1.165, 1.54) is 54.6 Å². The second-order valence-electron chi connectivity index (χ2n) is 5.66. The number of hydrogen-bond donors (Lipinski definition) is 3. The molecule has 144 valence electrons. The van der Waals surface area contributed by atoms with Gasteiger partial charge in [-0.25, -0.2) is 0 Å². The minimum Gasteiger partial charge on any atom is -0.504 e. The van der Waals surface area contributed by atoms with Gasteiger partial charge in [0.1, 0.15) is 11.6 Å². The van der Waals surface area contributed by atoms with E-state index in [2.05, 4.69) is 0 Å². The zero-order valence-corrected chi connectivity index (χ0v) is 14.3. The van der Waals surface area contributed by atoms with E-state index in [4.69, 9.17) is 5.26 Å². The zero-order valence-electron chi connectivity index (χ0n) is 14.3. The first kappa shape index (κ1) is 20.6. The molecule has 0 bridgehead atoms. The molecule has 1 atom stereocenters. The van der Waals surface area contributed by atoms with Crippen LogP contribution in [0.2, 0.25) is 0 Å². The first-order valence-electron chi connectivity index (χ1n) is 7.95. The molecule has 2 aromatic carbocycles. The summed E-state index contributed by atoms with van der Waals surface area (Å²) in [5, 5.41) is 29.6. The molecule has 0 heterocycles. The highest BCUT2D eigenvalue weighted by atomic mass is 19.4. The molecule has 0 aliphatic carbocycles. The number of benzene rings is 2. The van der Waals surface area contributed by atoms with Crippen LogP contribution in [-0.2, 0) is 4.79 Å². The molecule has 0 aliphatic rings. The Labute approximate surface area is 158 Å². The number of phenolic OH excluding ortho intramolecular Hbond substituents is 2. The second-order valence-corrected chi connectivity index (χ2v) is 5.66. The quantitative estimate of drug-likeness (QED) is 0.313. The van der Waals surface area contributed by atoms with Gasteiger partial charge in [-0.2, -0.15) is 18.4 Å². The molecule has 0 aliphatic heterocycles. The molecule has 3 N–H and O–H groups in total. The number of nitrogens with zero attached hydrogens (tertiary/aromatic N) is 1. The summed E-state index contributed by atoms with van der Waals surface area (Å²) < 4.78 is 39.9. The van der Waals surface area contributed by atoms with E-state index >= 15 is 0 Å². The van der Waals surface area contributed by atoms with Gasteiger partial charge in [0.15, 0.2) is 17.5 Å². The van der Waals surface area contributed by atoms with Crippen LogP contribution in [-0.4, -0.2) is 22.3 Å². The maximum atomic E-state index is 13.3. The fourth-order valence-corrected chi connectivity index (χ4v) is 2.27. The van der Waals surface area contributed by atoms with Gasteiger partial charge < -0.3 is 15.5 Å². The summed E-state index contributed by atoms with van der Waals surface area (Å²) in [5.41, 5.74) is -0.234. The highest BCUT2D eigenvalue weighted by Gasteiger charge is 2.42. The van der Waals surface area contributed by atoms with Crippen LogP contribution in [0.4, 0.5) is 13.2 Å². The van der Waals surface area contributed by atoms with Gasteiger partial charge in [0, 0.05) is 0 Å². The van der Waals surface area contributed by atoms with Crippen molar-refractivity contribution in [3.8, 4) is 17.6 Å². The van der Waals surface area contributed by atoms with Crippen LogP contribution in [0.3, 0.4) is 0 Å². The number of nitrogens with one attached hydrogen (secondary N) is 1. The fraction of sp³-hybridized carbons (Fsp3) is 0.100. The predicted molar refractivity (Wildman–Crippen MR) is 95.9 cm³/mol. The highest BCUT2D eigenvalue weighted by Crippen LogP contribution is 2.32. The van der Waals surface area contributed by atoms with Crippen molar-refractivity contribution in [3.05, 3.63) is 77.4 Å². The van der Waals surface area contributed by atoms with Crippen LogP contribution in [0.25, 0.3) is 6.08 Å². The number of carbonyl (C=O) groups is 1. The molecule has 8 heteroatoms. The van der Waals surface area contributed by atoms with Crippen LogP contribution < -0.4 is 5.32 Å². The van der Waals surface area contributed by atoms with Gasteiger partial charge in [-0.05, 0) is 29.3 Å². The minimum absolute atomic E-state index is 0.157. The Kier molecular flexibility index (Phi) is 6.45. The lowest BCUT2D eigenvalue weighted by Crippen LogP contribution is -2.38. The summed E-state index contributed by atoms with van der Waals surface area (Å²) in [7, 11) is 0. The molecule has 2 rings (SSSR count). The molecule has 1 amide bonds. The van der Waals surface area contributed by atoms with Gasteiger partial charge in [0.05, 0.1) is 0 Å². The van der Waals surface area contributed by atoms with Crippen molar-refractivity contribution in [2.75, 3.05) is 0 Å². The number of amides is 1. The van der Waals surface area contributed by atoms with Gasteiger partial charge in [-0.15, -0.1) is 0 Å². The van der Waals surface area contributed by atoms with E-state index in [1.807, 2.05) is 5.32 Å². The van der Waals surface area contributed by atoms with Gasteiger partial charge in [0.25, 0.3) is 5.91 Å². The molecule has 28 heavy (non-hydrogen) atoms. The van der Waals surface area contributed by atoms with E-state index in [1.54, 1.807) is 12.1 Å². The predicted octanol–water partition coefficient (Wildman–Crippen LogP) is 3.98. The number of aromatic hydroxyl groups is 2. The lowest BCUT2D eigenvalue weighted by atomic mass is 10.1. The lowest BCUT2D eigenvalue weighted by Gasteiger charge is -2.21. The number of halogens is 3. The molecule has 0 fully saturated rings. The van der Waals surface area contributed by atoms with E-state index < -0.39 is 23.7 Å². The van der Waals surface area contributed by atoms with Crippen molar-refractivity contribution in [1.29, 1.82) is 5.26 Å². The van der Waals surface area contributed by atoms with Crippen LogP contribution in [0, 0.1) is 11.3 Å². The van der Waals surface area contributed by atoms with Crippen LogP contribution >= 0.6 is 0 Å². The lowest BCUT2D eigenvalue weighted by molar-refractivity contribution is -0.162. The highest BCUT2D eigenvalue weighted by molar-refractivity contribution is 5.98. The summed E-state index contributed by atoms with van der Waals surface area (Å²) in [5.74, 6) is -1.85. The fourth-order valence-electron chi connectivity index (χ4n) is 2.27. The Hall–Kier alpha value is -3.73.